The van der Waals surface area contributed by atoms with Crippen LogP contribution < -0.4 is 14.8 Å². The molecule has 0 aromatic heterocycles. The van der Waals surface area contributed by atoms with Crippen molar-refractivity contribution in [3.63, 3.8) is 0 Å². The number of nitrogens with zero attached hydrogens (tertiary/aromatic N) is 1. The molecule has 2 aliphatic rings. The molecule has 0 saturated carbocycles. The van der Waals surface area contributed by atoms with Gasteiger partial charge in [-0.25, -0.2) is 9.59 Å². The van der Waals surface area contributed by atoms with E-state index in [4.69, 9.17) is 21.1 Å². The third-order valence-corrected chi connectivity index (χ3v) is 6.46. The van der Waals surface area contributed by atoms with Crippen LogP contribution in [0.3, 0.4) is 0 Å². The van der Waals surface area contributed by atoms with Gasteiger partial charge in [-0.1, -0.05) is 35.9 Å². The molecule has 2 bridgehead atoms. The summed E-state index contributed by atoms with van der Waals surface area (Å²) in [6.45, 7) is 0.431. The first-order chi connectivity index (χ1) is 17.2. The minimum atomic E-state index is -4.80. The molecular weight excluding hydrogens is 501 g/mol. The number of ether oxygens (including phenoxy) is 3. The van der Waals surface area contributed by atoms with Crippen LogP contribution in [0, 0.1) is 0 Å². The Labute approximate surface area is 210 Å². The van der Waals surface area contributed by atoms with E-state index < -0.39 is 18.4 Å². The van der Waals surface area contributed by atoms with Crippen molar-refractivity contribution in [1.82, 2.24) is 10.2 Å². The summed E-state index contributed by atoms with van der Waals surface area (Å²) in [5.41, 5.74) is 1.56. The Morgan fingerprint density at radius 1 is 1.11 bits per heavy atom. The fourth-order valence-corrected chi connectivity index (χ4v) is 4.88. The third kappa shape index (κ3) is 5.70. The summed E-state index contributed by atoms with van der Waals surface area (Å²) in [4.78, 5) is 27.5. The fourth-order valence-electron chi connectivity index (χ4n) is 4.69. The Morgan fingerprint density at radius 2 is 1.83 bits per heavy atom. The molecule has 1 N–H and O–H groups in total. The smallest absolute Gasteiger partial charge is 0.490 e. The van der Waals surface area contributed by atoms with Crippen molar-refractivity contribution in [2.24, 2.45) is 0 Å². The SMILES string of the molecule is COC(=O)C1=C(c2ccc(OC(F)(F)F)cc2)C[C@@H]2CC[C@H]1N2C(=O)NCCOc1ccccc1Cl. The minimum Gasteiger partial charge on any atom is -0.490 e. The second kappa shape index (κ2) is 10.7. The van der Waals surface area contributed by atoms with Crippen molar-refractivity contribution in [2.45, 2.75) is 37.7 Å². The van der Waals surface area contributed by atoms with Crippen molar-refractivity contribution in [2.75, 3.05) is 20.3 Å². The molecule has 2 aliphatic heterocycles. The predicted octanol–water partition coefficient (Wildman–Crippen LogP) is 5.19. The molecule has 2 amide bonds. The summed E-state index contributed by atoms with van der Waals surface area (Å²) in [5.74, 6) is -0.422. The Balaban J connectivity index is 1.48. The summed E-state index contributed by atoms with van der Waals surface area (Å²) in [6, 6.07) is 11.3. The van der Waals surface area contributed by atoms with E-state index in [0.717, 1.165) is 0 Å². The maximum absolute atomic E-state index is 13.0. The number of fused-ring (bicyclic) bond motifs is 2. The molecule has 2 heterocycles. The summed E-state index contributed by atoms with van der Waals surface area (Å²) in [6.07, 6.45) is -3.19. The Bertz CT molecular complexity index is 1150. The normalized spacial score (nSPS) is 19.2. The number of hydrogen-bond donors (Lipinski definition) is 1. The molecule has 1 saturated heterocycles. The second-order valence-corrected chi connectivity index (χ2v) is 8.73. The number of hydrogen-bond acceptors (Lipinski definition) is 5. The van der Waals surface area contributed by atoms with Gasteiger partial charge in [0.15, 0.2) is 0 Å². The predicted molar refractivity (Wildman–Crippen MR) is 126 cm³/mol. The average molecular weight is 525 g/mol. The Hall–Kier alpha value is -3.40. The van der Waals surface area contributed by atoms with Crippen LogP contribution in [-0.4, -0.2) is 55.6 Å². The molecule has 192 valence electrons. The number of rotatable bonds is 7. The second-order valence-electron chi connectivity index (χ2n) is 8.33. The van der Waals surface area contributed by atoms with Crippen molar-refractivity contribution in [3.05, 3.63) is 64.7 Å². The lowest BCUT2D eigenvalue weighted by atomic mass is 9.88. The van der Waals surface area contributed by atoms with Gasteiger partial charge in [0.1, 0.15) is 18.1 Å². The molecular formula is C25H24ClF3N2O5. The number of benzene rings is 2. The van der Waals surface area contributed by atoms with E-state index in [2.05, 4.69) is 10.1 Å². The number of urea groups is 1. The van der Waals surface area contributed by atoms with Crippen LogP contribution in [0.2, 0.25) is 5.02 Å². The van der Waals surface area contributed by atoms with Gasteiger partial charge in [-0.15, -0.1) is 13.2 Å². The van der Waals surface area contributed by atoms with Gasteiger partial charge in [0.25, 0.3) is 0 Å². The highest BCUT2D eigenvalue weighted by Crippen LogP contribution is 2.43. The third-order valence-electron chi connectivity index (χ3n) is 6.15. The zero-order valence-corrected chi connectivity index (χ0v) is 20.1. The molecule has 0 unspecified atom stereocenters. The lowest BCUT2D eigenvalue weighted by molar-refractivity contribution is -0.274. The van der Waals surface area contributed by atoms with Gasteiger partial charge in [-0.2, -0.15) is 0 Å². The van der Waals surface area contributed by atoms with Crippen molar-refractivity contribution >= 4 is 29.2 Å². The summed E-state index contributed by atoms with van der Waals surface area (Å²) in [5, 5.41) is 3.29. The number of para-hydroxylation sites is 1. The molecule has 0 spiro atoms. The van der Waals surface area contributed by atoms with E-state index in [1.807, 2.05) is 0 Å². The van der Waals surface area contributed by atoms with Gasteiger partial charge in [-0.05, 0) is 54.7 Å². The van der Waals surface area contributed by atoms with Gasteiger partial charge in [0.2, 0.25) is 0 Å². The van der Waals surface area contributed by atoms with Crippen LogP contribution in [0.1, 0.15) is 24.8 Å². The van der Waals surface area contributed by atoms with Crippen LogP contribution in [0.15, 0.2) is 54.1 Å². The zero-order valence-electron chi connectivity index (χ0n) is 19.3. The van der Waals surface area contributed by atoms with Gasteiger partial charge < -0.3 is 24.4 Å². The lowest BCUT2D eigenvalue weighted by Gasteiger charge is -2.37. The van der Waals surface area contributed by atoms with Crippen LogP contribution in [0.4, 0.5) is 18.0 Å². The number of methoxy groups -OCH3 is 1. The van der Waals surface area contributed by atoms with E-state index in [1.165, 1.54) is 31.4 Å². The number of nitrogens with one attached hydrogen (secondary N) is 1. The highest BCUT2D eigenvalue weighted by atomic mass is 35.5. The van der Waals surface area contributed by atoms with Crippen LogP contribution >= 0.6 is 11.6 Å². The number of amides is 2. The van der Waals surface area contributed by atoms with Crippen LogP contribution in [-0.2, 0) is 9.53 Å². The zero-order chi connectivity index (χ0) is 25.9. The summed E-state index contributed by atoms with van der Waals surface area (Å²) < 4.78 is 52.1. The maximum Gasteiger partial charge on any atom is 0.573 e. The number of esters is 1. The molecule has 7 nitrogen and oxygen atoms in total. The van der Waals surface area contributed by atoms with Crippen molar-refractivity contribution in [3.8, 4) is 11.5 Å². The van der Waals surface area contributed by atoms with Gasteiger partial charge in [0.05, 0.1) is 30.3 Å². The molecule has 2 aromatic rings. The van der Waals surface area contributed by atoms with Crippen LogP contribution in [0.25, 0.3) is 5.57 Å². The van der Waals surface area contributed by atoms with E-state index in [1.54, 1.807) is 29.2 Å². The van der Waals surface area contributed by atoms with E-state index in [9.17, 15) is 22.8 Å². The number of carbonyl (C=O) groups is 2. The van der Waals surface area contributed by atoms with Gasteiger partial charge in [0, 0.05) is 6.04 Å². The van der Waals surface area contributed by atoms with E-state index in [0.29, 0.717) is 46.7 Å². The number of halogens is 4. The Morgan fingerprint density at radius 3 is 2.50 bits per heavy atom. The number of carbonyl (C=O) groups excluding carboxylic acids is 2. The number of alkyl halides is 3. The monoisotopic (exact) mass is 524 g/mol. The van der Waals surface area contributed by atoms with E-state index in [-0.39, 0.29) is 31.0 Å². The fraction of sp³-hybridized carbons (Fsp3) is 0.360. The summed E-state index contributed by atoms with van der Waals surface area (Å²) >= 11 is 6.07. The first-order valence-corrected chi connectivity index (χ1v) is 11.7. The topological polar surface area (TPSA) is 77.1 Å². The molecule has 0 aliphatic carbocycles. The highest BCUT2D eigenvalue weighted by molar-refractivity contribution is 6.32. The first kappa shape index (κ1) is 25.7. The molecule has 4 rings (SSSR count). The molecule has 2 aromatic carbocycles. The largest absolute Gasteiger partial charge is 0.573 e. The van der Waals surface area contributed by atoms with Gasteiger partial charge >= 0.3 is 18.4 Å². The molecule has 36 heavy (non-hydrogen) atoms. The van der Waals surface area contributed by atoms with Gasteiger partial charge in [-0.3, -0.25) is 0 Å². The van der Waals surface area contributed by atoms with E-state index >= 15 is 0 Å². The van der Waals surface area contributed by atoms with Crippen molar-refractivity contribution in [1.29, 1.82) is 0 Å². The average Bonchev–Trinajstić information content (AvgIpc) is 3.15. The van der Waals surface area contributed by atoms with Crippen LogP contribution in [0.5, 0.6) is 11.5 Å². The minimum absolute atomic E-state index is 0.172. The maximum atomic E-state index is 13.0. The quantitative estimate of drug-likeness (QED) is 0.398. The Kier molecular flexibility index (Phi) is 7.63. The molecule has 2 atom stereocenters. The van der Waals surface area contributed by atoms with Crippen molar-refractivity contribution < 1.29 is 37.0 Å². The lowest BCUT2D eigenvalue weighted by Crippen LogP contribution is -2.51. The first-order valence-electron chi connectivity index (χ1n) is 11.3. The summed E-state index contributed by atoms with van der Waals surface area (Å²) in [7, 11) is 1.25. The molecule has 11 heteroatoms. The highest BCUT2D eigenvalue weighted by Gasteiger charge is 2.46. The standard InChI is InChI=1S/C25H24ClF3N2O5/c1-34-23(32)22-18(15-6-9-17(10-7-15)36-25(27,28)29)14-16-8-11-20(22)31(16)24(33)30-12-13-35-21-5-3-2-4-19(21)26/h2-7,9-10,16,20H,8,11-14H2,1H3,(H,30,33)/t16-,20+/m0/s1. The molecule has 1 fully saturated rings. The molecule has 0 radical (unpaired) electrons.